The maximum absolute atomic E-state index is 9.89. The number of aliphatic hydroxyl groups is 1. The predicted molar refractivity (Wildman–Crippen MR) is 49.8 cm³/mol. The first kappa shape index (κ1) is 9.00. The molecule has 2 aliphatic carbocycles. The van der Waals surface area contributed by atoms with Gasteiger partial charge < -0.3 is 10.3 Å². The molecule has 3 heteroatoms. The highest BCUT2D eigenvalue weighted by Crippen LogP contribution is 2.63. The van der Waals surface area contributed by atoms with Crippen molar-refractivity contribution >= 4 is 5.71 Å². The van der Waals surface area contributed by atoms with Crippen LogP contribution in [-0.4, -0.2) is 22.1 Å². The summed E-state index contributed by atoms with van der Waals surface area (Å²) in [5, 5.41) is 22.1. The van der Waals surface area contributed by atoms with Crippen molar-refractivity contribution in [2.45, 2.75) is 39.7 Å². The molecule has 3 nitrogen and oxygen atoms in total. The molecule has 2 bridgehead atoms. The van der Waals surface area contributed by atoms with Gasteiger partial charge in [-0.2, -0.15) is 0 Å². The average Bonchev–Trinajstić information content (AvgIpc) is 2.32. The van der Waals surface area contributed by atoms with Crippen LogP contribution in [0, 0.1) is 16.7 Å². The van der Waals surface area contributed by atoms with Crippen LogP contribution in [-0.2, 0) is 0 Å². The van der Waals surface area contributed by atoms with Crippen molar-refractivity contribution in [2.24, 2.45) is 21.9 Å². The largest absolute Gasteiger partial charge is 0.411 e. The maximum atomic E-state index is 9.89. The van der Waals surface area contributed by atoms with Crippen molar-refractivity contribution in [3.8, 4) is 0 Å². The normalized spacial score (nSPS) is 50.3. The van der Waals surface area contributed by atoms with Crippen LogP contribution in [0.1, 0.15) is 33.6 Å². The molecule has 0 aromatic carbocycles. The van der Waals surface area contributed by atoms with Gasteiger partial charge in [-0.1, -0.05) is 25.9 Å². The highest BCUT2D eigenvalue weighted by atomic mass is 16.4. The van der Waals surface area contributed by atoms with Gasteiger partial charge in [0.2, 0.25) is 0 Å². The second-order valence-electron chi connectivity index (χ2n) is 5.13. The summed E-state index contributed by atoms with van der Waals surface area (Å²) in [5.41, 5.74) is 0.550. The quantitative estimate of drug-likeness (QED) is 0.443. The summed E-state index contributed by atoms with van der Waals surface area (Å²) < 4.78 is 0. The van der Waals surface area contributed by atoms with Gasteiger partial charge in [-0.15, -0.1) is 0 Å². The lowest BCUT2D eigenvalue weighted by Crippen LogP contribution is -2.35. The summed E-state index contributed by atoms with van der Waals surface area (Å²) in [4.78, 5) is 0. The van der Waals surface area contributed by atoms with Crippen molar-refractivity contribution in [1.29, 1.82) is 0 Å². The van der Waals surface area contributed by atoms with E-state index in [1.807, 2.05) is 0 Å². The van der Waals surface area contributed by atoms with E-state index in [2.05, 4.69) is 25.9 Å². The Labute approximate surface area is 78.4 Å². The molecule has 0 aromatic rings. The zero-order valence-electron chi connectivity index (χ0n) is 8.41. The number of oxime groups is 1. The summed E-state index contributed by atoms with van der Waals surface area (Å²) in [6.07, 6.45) is 1.55. The van der Waals surface area contributed by atoms with Crippen molar-refractivity contribution in [3.63, 3.8) is 0 Å². The minimum Gasteiger partial charge on any atom is -0.411 e. The number of nitrogens with zero attached hydrogens (tertiary/aromatic N) is 1. The second-order valence-corrected chi connectivity index (χ2v) is 5.13. The van der Waals surface area contributed by atoms with E-state index in [4.69, 9.17) is 5.21 Å². The van der Waals surface area contributed by atoms with Crippen molar-refractivity contribution in [2.75, 3.05) is 0 Å². The lowest BCUT2D eigenvalue weighted by Gasteiger charge is -2.33. The summed E-state index contributed by atoms with van der Waals surface area (Å²) >= 11 is 0. The van der Waals surface area contributed by atoms with Gasteiger partial charge in [0, 0.05) is 5.41 Å². The molecule has 0 amide bonds. The van der Waals surface area contributed by atoms with E-state index in [9.17, 15) is 5.11 Å². The van der Waals surface area contributed by atoms with E-state index in [1.165, 1.54) is 0 Å². The number of rotatable bonds is 0. The SMILES string of the molecule is CC1(C)[C@@H]2CC[C@@]1(C)/C(=N/O)[C@@H]2O. The van der Waals surface area contributed by atoms with Gasteiger partial charge in [-0.05, 0) is 24.2 Å². The summed E-state index contributed by atoms with van der Waals surface area (Å²) in [7, 11) is 0. The molecule has 13 heavy (non-hydrogen) atoms. The molecule has 0 unspecified atom stereocenters. The molecule has 3 atom stereocenters. The molecule has 2 saturated carbocycles. The zero-order chi connectivity index (χ0) is 9.85. The van der Waals surface area contributed by atoms with Crippen molar-refractivity contribution in [3.05, 3.63) is 0 Å². The molecule has 0 aliphatic heterocycles. The Morgan fingerprint density at radius 1 is 1.38 bits per heavy atom. The first-order valence-corrected chi connectivity index (χ1v) is 4.85. The Hall–Kier alpha value is -0.570. The third-order valence-electron chi connectivity index (χ3n) is 4.64. The second kappa shape index (κ2) is 2.27. The van der Waals surface area contributed by atoms with Crippen molar-refractivity contribution < 1.29 is 10.3 Å². The van der Waals surface area contributed by atoms with Crippen LogP contribution in [0.4, 0.5) is 0 Å². The average molecular weight is 183 g/mol. The first-order valence-electron chi connectivity index (χ1n) is 4.85. The molecule has 74 valence electrons. The van der Waals surface area contributed by atoms with Crippen molar-refractivity contribution in [1.82, 2.24) is 0 Å². The topological polar surface area (TPSA) is 52.8 Å². The number of aliphatic hydroxyl groups excluding tert-OH is 1. The molecular formula is C10H17NO2. The number of fused-ring (bicyclic) bond motifs is 2. The molecule has 0 radical (unpaired) electrons. The van der Waals surface area contributed by atoms with E-state index in [-0.39, 0.29) is 16.7 Å². The molecule has 0 saturated heterocycles. The number of hydrogen-bond acceptors (Lipinski definition) is 3. The summed E-state index contributed by atoms with van der Waals surface area (Å²) in [6.45, 7) is 6.41. The standard InChI is InChI=1S/C10H17NO2/c1-9(2)6-4-5-10(9,3)8(11-13)7(6)12/h6-7,12-13H,4-5H2,1-3H3/b11-8+/t6-,7-,10+/m1/s1. The van der Waals surface area contributed by atoms with E-state index >= 15 is 0 Å². The first-order chi connectivity index (χ1) is 5.95. The Morgan fingerprint density at radius 3 is 2.31 bits per heavy atom. The smallest absolute Gasteiger partial charge is 0.0993 e. The Kier molecular flexibility index (Phi) is 1.57. The highest BCUT2D eigenvalue weighted by Gasteiger charge is 2.64. The van der Waals surface area contributed by atoms with Gasteiger partial charge >= 0.3 is 0 Å². The molecule has 2 N–H and O–H groups in total. The van der Waals surface area contributed by atoms with Crippen LogP contribution in [0.5, 0.6) is 0 Å². The Bertz CT molecular complexity index is 272. The predicted octanol–water partition coefficient (Wildman–Crippen LogP) is 1.63. The van der Waals surface area contributed by atoms with E-state index in [0.29, 0.717) is 5.71 Å². The van der Waals surface area contributed by atoms with Crippen LogP contribution >= 0.6 is 0 Å². The van der Waals surface area contributed by atoms with Crippen LogP contribution in [0.15, 0.2) is 5.16 Å². The summed E-state index contributed by atoms with van der Waals surface area (Å²) in [6, 6.07) is 0. The summed E-state index contributed by atoms with van der Waals surface area (Å²) in [5.74, 6) is 0.267. The molecule has 2 fully saturated rings. The van der Waals surface area contributed by atoms with Crippen LogP contribution in [0.3, 0.4) is 0 Å². The molecule has 2 aliphatic rings. The van der Waals surface area contributed by atoms with Gasteiger partial charge in [-0.3, -0.25) is 0 Å². The minimum absolute atomic E-state index is 0.0635. The molecule has 0 heterocycles. The molecule has 0 spiro atoms. The fourth-order valence-electron chi connectivity index (χ4n) is 3.23. The molecule has 0 aromatic heterocycles. The van der Waals surface area contributed by atoms with Crippen LogP contribution < -0.4 is 0 Å². The fourth-order valence-corrected chi connectivity index (χ4v) is 3.23. The third kappa shape index (κ3) is 0.766. The van der Waals surface area contributed by atoms with E-state index < -0.39 is 6.10 Å². The van der Waals surface area contributed by atoms with Gasteiger partial charge in [0.25, 0.3) is 0 Å². The maximum Gasteiger partial charge on any atom is 0.0993 e. The van der Waals surface area contributed by atoms with Gasteiger partial charge in [-0.25, -0.2) is 0 Å². The van der Waals surface area contributed by atoms with Gasteiger partial charge in [0.05, 0.1) is 11.8 Å². The van der Waals surface area contributed by atoms with E-state index in [0.717, 1.165) is 12.8 Å². The highest BCUT2D eigenvalue weighted by molar-refractivity contribution is 5.97. The minimum atomic E-state index is -0.529. The lowest BCUT2D eigenvalue weighted by molar-refractivity contribution is 0.114. The Morgan fingerprint density at radius 2 is 2.00 bits per heavy atom. The van der Waals surface area contributed by atoms with Crippen LogP contribution in [0.25, 0.3) is 0 Å². The lowest BCUT2D eigenvalue weighted by atomic mass is 9.70. The number of hydrogen-bond donors (Lipinski definition) is 2. The fraction of sp³-hybridized carbons (Fsp3) is 0.900. The van der Waals surface area contributed by atoms with Crippen LogP contribution in [0.2, 0.25) is 0 Å². The monoisotopic (exact) mass is 183 g/mol. The Balaban J connectivity index is 2.52. The van der Waals surface area contributed by atoms with Gasteiger partial charge in [0.1, 0.15) is 0 Å². The third-order valence-corrected chi connectivity index (χ3v) is 4.64. The zero-order valence-corrected chi connectivity index (χ0v) is 8.41. The molecular weight excluding hydrogens is 166 g/mol. The van der Waals surface area contributed by atoms with Gasteiger partial charge in [0.15, 0.2) is 0 Å². The molecule has 2 rings (SSSR count). The van der Waals surface area contributed by atoms with E-state index in [1.54, 1.807) is 0 Å².